The molecule has 0 radical (unpaired) electrons. The molecular weight excluding hydrogens is 379 g/mol. The van der Waals surface area contributed by atoms with Crippen molar-refractivity contribution in [3.8, 4) is 17.2 Å². The first-order valence-electron chi connectivity index (χ1n) is 7.61. The molecule has 0 saturated heterocycles. The van der Waals surface area contributed by atoms with E-state index in [0.717, 1.165) is 12.1 Å². The Bertz CT molecular complexity index is 871. The summed E-state index contributed by atoms with van der Waals surface area (Å²) in [5.41, 5.74) is -0.183. The largest absolute Gasteiger partial charge is 0.513 e. The van der Waals surface area contributed by atoms with Crippen LogP contribution in [0.5, 0.6) is 17.2 Å². The van der Waals surface area contributed by atoms with Crippen molar-refractivity contribution in [1.82, 2.24) is 5.09 Å². The number of benzene rings is 2. The fourth-order valence-electron chi connectivity index (χ4n) is 1.93. The van der Waals surface area contributed by atoms with Crippen LogP contribution >= 0.6 is 7.75 Å². The van der Waals surface area contributed by atoms with E-state index < -0.39 is 24.7 Å². The van der Waals surface area contributed by atoms with Crippen LogP contribution in [-0.2, 0) is 9.36 Å². The van der Waals surface area contributed by atoms with Gasteiger partial charge in [-0.25, -0.2) is 4.57 Å². The highest BCUT2D eigenvalue weighted by Gasteiger charge is 2.33. The van der Waals surface area contributed by atoms with Gasteiger partial charge in [0.05, 0.1) is 12.0 Å². The van der Waals surface area contributed by atoms with Gasteiger partial charge in [-0.05, 0) is 31.2 Å². The van der Waals surface area contributed by atoms with Crippen LogP contribution in [0.25, 0.3) is 0 Å². The third kappa shape index (κ3) is 5.70. The fourth-order valence-corrected chi connectivity index (χ4v) is 3.45. The highest BCUT2D eigenvalue weighted by atomic mass is 31.2. The van der Waals surface area contributed by atoms with Crippen molar-refractivity contribution in [1.29, 1.82) is 0 Å². The van der Waals surface area contributed by atoms with Gasteiger partial charge in [0.15, 0.2) is 0 Å². The van der Waals surface area contributed by atoms with Crippen LogP contribution < -0.4 is 18.9 Å². The second kappa shape index (κ2) is 8.52. The molecule has 2 N–H and O–H groups in total. The predicted molar refractivity (Wildman–Crippen MR) is 95.2 cm³/mol. The number of carboxylic acids is 1. The fraction of sp³-hybridized carbons (Fsp3) is 0.188. The number of nitrogens with one attached hydrogen (secondary N) is 1. The topological polar surface area (TPSA) is 137 Å². The lowest BCUT2D eigenvalue weighted by Gasteiger charge is -2.22. The maximum absolute atomic E-state index is 13.1. The Labute approximate surface area is 154 Å². The number of non-ortho nitro benzene ring substituents is 1. The zero-order valence-electron chi connectivity index (χ0n) is 14.4. The van der Waals surface area contributed by atoms with Crippen molar-refractivity contribution in [2.75, 3.05) is 7.11 Å². The SMILES string of the molecule is COc1cccc(OP(=O)(N[C@@H](C)C(=O)O)Oc2ccc([N+](=O)[O-])cc2)c1. The van der Waals surface area contributed by atoms with Gasteiger partial charge in [-0.2, -0.15) is 5.09 Å². The predicted octanol–water partition coefficient (Wildman–Crippen LogP) is 3.23. The Kier molecular flexibility index (Phi) is 6.38. The summed E-state index contributed by atoms with van der Waals surface area (Å²) in [4.78, 5) is 21.2. The second-order valence-corrected chi connectivity index (χ2v) is 6.92. The van der Waals surface area contributed by atoms with Crippen molar-refractivity contribution >= 4 is 19.4 Å². The van der Waals surface area contributed by atoms with Crippen LogP contribution in [0.2, 0.25) is 0 Å². The molecule has 144 valence electrons. The molecule has 2 rings (SSSR count). The van der Waals surface area contributed by atoms with Crippen LogP contribution in [0.1, 0.15) is 6.92 Å². The summed E-state index contributed by atoms with van der Waals surface area (Å²) in [6, 6.07) is 9.69. The van der Waals surface area contributed by atoms with Crippen molar-refractivity contribution in [3.05, 3.63) is 58.6 Å². The molecule has 0 aromatic heterocycles. The van der Waals surface area contributed by atoms with Crippen LogP contribution in [0.15, 0.2) is 48.5 Å². The van der Waals surface area contributed by atoms with E-state index in [-0.39, 0.29) is 17.2 Å². The Morgan fingerprint density at radius 1 is 1.15 bits per heavy atom. The quantitative estimate of drug-likeness (QED) is 0.372. The lowest BCUT2D eigenvalue weighted by atomic mass is 10.3. The Morgan fingerprint density at radius 2 is 1.74 bits per heavy atom. The van der Waals surface area contributed by atoms with Crippen LogP contribution in [-0.4, -0.2) is 29.2 Å². The summed E-state index contributed by atoms with van der Waals surface area (Å²) in [6.45, 7) is 1.27. The van der Waals surface area contributed by atoms with Gasteiger partial charge in [0.25, 0.3) is 5.69 Å². The molecule has 0 spiro atoms. The van der Waals surface area contributed by atoms with Crippen molar-refractivity contribution in [2.24, 2.45) is 0 Å². The number of carbonyl (C=O) groups is 1. The van der Waals surface area contributed by atoms with Crippen LogP contribution in [0, 0.1) is 10.1 Å². The molecule has 0 aliphatic heterocycles. The van der Waals surface area contributed by atoms with Gasteiger partial charge in [0.1, 0.15) is 23.3 Å². The van der Waals surface area contributed by atoms with Crippen molar-refractivity contribution in [3.63, 3.8) is 0 Å². The summed E-state index contributed by atoms with van der Waals surface area (Å²) in [6.07, 6.45) is 0. The van der Waals surface area contributed by atoms with Crippen molar-refractivity contribution < 1.29 is 33.2 Å². The van der Waals surface area contributed by atoms with Gasteiger partial charge in [-0.1, -0.05) is 6.07 Å². The zero-order valence-corrected chi connectivity index (χ0v) is 15.3. The van der Waals surface area contributed by atoms with E-state index in [1.54, 1.807) is 12.1 Å². The van der Waals surface area contributed by atoms with Gasteiger partial charge in [-0.15, -0.1) is 0 Å². The maximum Gasteiger partial charge on any atom is 0.513 e. The molecule has 11 heteroatoms. The smallest absolute Gasteiger partial charge is 0.497 e. The number of carboxylic acid groups (broad SMARTS) is 1. The average molecular weight is 396 g/mol. The van der Waals surface area contributed by atoms with Crippen LogP contribution in [0.3, 0.4) is 0 Å². The minimum absolute atomic E-state index is 0.00285. The third-order valence-electron chi connectivity index (χ3n) is 3.26. The molecule has 0 aliphatic rings. The van der Waals surface area contributed by atoms with E-state index in [1.807, 2.05) is 0 Å². The molecule has 0 fully saturated rings. The zero-order chi connectivity index (χ0) is 20.0. The normalized spacial score (nSPS) is 13.9. The van der Waals surface area contributed by atoms with E-state index in [2.05, 4.69) is 5.09 Å². The molecule has 0 bridgehead atoms. The molecule has 27 heavy (non-hydrogen) atoms. The van der Waals surface area contributed by atoms with Crippen LogP contribution in [0.4, 0.5) is 5.69 Å². The number of hydrogen-bond donors (Lipinski definition) is 2. The summed E-state index contributed by atoms with van der Waals surface area (Å²) >= 11 is 0. The van der Waals surface area contributed by atoms with Crippen molar-refractivity contribution in [2.45, 2.75) is 13.0 Å². The van der Waals surface area contributed by atoms with E-state index >= 15 is 0 Å². The number of rotatable bonds is 9. The summed E-state index contributed by atoms with van der Waals surface area (Å²) < 4.78 is 28.9. The lowest BCUT2D eigenvalue weighted by molar-refractivity contribution is -0.384. The minimum Gasteiger partial charge on any atom is -0.497 e. The van der Waals surface area contributed by atoms with Gasteiger partial charge in [-0.3, -0.25) is 14.9 Å². The molecule has 2 aromatic carbocycles. The monoisotopic (exact) mass is 396 g/mol. The van der Waals surface area contributed by atoms with Gasteiger partial charge >= 0.3 is 13.7 Å². The lowest BCUT2D eigenvalue weighted by Crippen LogP contribution is -2.34. The number of methoxy groups -OCH3 is 1. The van der Waals surface area contributed by atoms with Gasteiger partial charge in [0.2, 0.25) is 0 Å². The summed E-state index contributed by atoms with van der Waals surface area (Å²) in [5.74, 6) is -0.723. The molecule has 0 saturated carbocycles. The van der Waals surface area contributed by atoms with E-state index in [1.165, 1.54) is 38.3 Å². The average Bonchev–Trinajstić information content (AvgIpc) is 2.61. The molecule has 2 aromatic rings. The minimum atomic E-state index is -4.20. The number of aliphatic carboxylic acids is 1. The number of nitro benzene ring substituents is 1. The van der Waals surface area contributed by atoms with E-state index in [4.69, 9.17) is 18.9 Å². The van der Waals surface area contributed by atoms with Gasteiger partial charge < -0.3 is 18.9 Å². The van der Waals surface area contributed by atoms with E-state index in [0.29, 0.717) is 5.75 Å². The number of hydrogen-bond acceptors (Lipinski definition) is 7. The molecule has 0 amide bonds. The Hall–Kier alpha value is -3.10. The highest BCUT2D eigenvalue weighted by Crippen LogP contribution is 2.46. The summed E-state index contributed by atoms with van der Waals surface area (Å²) in [5, 5.41) is 22.1. The molecular formula is C16H17N2O8P. The number of nitrogens with zero attached hydrogens (tertiary/aromatic N) is 1. The maximum atomic E-state index is 13.1. The molecule has 0 aliphatic carbocycles. The van der Waals surface area contributed by atoms with E-state index in [9.17, 15) is 19.5 Å². The first-order valence-corrected chi connectivity index (χ1v) is 9.15. The Morgan fingerprint density at radius 3 is 2.30 bits per heavy atom. The molecule has 1 unspecified atom stereocenters. The second-order valence-electron chi connectivity index (χ2n) is 5.30. The molecule has 10 nitrogen and oxygen atoms in total. The van der Waals surface area contributed by atoms with Gasteiger partial charge in [0, 0.05) is 18.2 Å². The molecule has 2 atom stereocenters. The molecule has 0 heterocycles. The Balaban J connectivity index is 2.29. The number of ether oxygens (including phenoxy) is 1. The first-order chi connectivity index (χ1) is 12.7. The number of nitro groups is 1. The first kappa shape index (κ1) is 20.2. The highest BCUT2D eigenvalue weighted by molar-refractivity contribution is 7.52. The third-order valence-corrected chi connectivity index (χ3v) is 4.87. The standard InChI is InChI=1S/C16H17N2O8P/c1-11(16(19)20)17-27(23,26-15-5-3-4-14(10-15)24-2)25-13-8-6-12(7-9-13)18(21)22/h3-11H,1-2H3,(H,17,23)(H,19,20)/t11-,27?/m0/s1. The summed E-state index contributed by atoms with van der Waals surface area (Å²) in [7, 11) is -2.76.